The first-order valence-corrected chi connectivity index (χ1v) is 23.1. The summed E-state index contributed by atoms with van der Waals surface area (Å²) in [5.74, 6) is 0. The van der Waals surface area contributed by atoms with E-state index in [0.717, 1.165) is 0 Å². The van der Waals surface area contributed by atoms with Crippen LogP contribution in [0.3, 0.4) is 0 Å². The third-order valence-corrected chi connectivity index (χ3v) is 14.9. The molecule has 0 saturated carbocycles. The molecule has 0 aliphatic heterocycles. The van der Waals surface area contributed by atoms with Crippen LogP contribution in [0.4, 0.5) is 0 Å². The molecule has 0 heteroatoms. The summed E-state index contributed by atoms with van der Waals surface area (Å²) in [7, 11) is 0. The summed E-state index contributed by atoms with van der Waals surface area (Å²) in [6.45, 7) is 0. The van der Waals surface area contributed by atoms with Crippen molar-refractivity contribution >= 4 is 108 Å². The minimum atomic E-state index is 1.23. The highest BCUT2D eigenvalue weighted by atomic mass is 14.3. The van der Waals surface area contributed by atoms with Crippen molar-refractivity contribution in [2.75, 3.05) is 0 Å². The zero-order valence-electron chi connectivity index (χ0n) is 35.9. The van der Waals surface area contributed by atoms with Gasteiger partial charge in [-0.15, -0.1) is 0 Å². The summed E-state index contributed by atoms with van der Waals surface area (Å²) < 4.78 is 0. The van der Waals surface area contributed by atoms with Gasteiger partial charge in [0.1, 0.15) is 0 Å². The van der Waals surface area contributed by atoms with Crippen LogP contribution in [-0.4, -0.2) is 0 Å². The number of fused-ring (bicyclic) bond motifs is 12. The second-order valence-electron chi connectivity index (χ2n) is 18.2. The van der Waals surface area contributed by atoms with Crippen LogP contribution in [0, 0.1) is 0 Å². The van der Waals surface area contributed by atoms with E-state index in [1.165, 1.54) is 152 Å². The van der Waals surface area contributed by atoms with Crippen LogP contribution in [-0.2, 0) is 0 Å². The van der Waals surface area contributed by atoms with Gasteiger partial charge in [0.05, 0.1) is 0 Å². The molecule has 0 amide bonds. The van der Waals surface area contributed by atoms with Gasteiger partial charge in [-0.05, 0) is 176 Å². The van der Waals surface area contributed by atoms with Crippen molar-refractivity contribution in [3.63, 3.8) is 0 Å². The largest absolute Gasteiger partial charge is 0.0622 e. The molecule has 0 nitrogen and oxygen atoms in total. The summed E-state index contributed by atoms with van der Waals surface area (Å²) in [4.78, 5) is 0. The van der Waals surface area contributed by atoms with Crippen molar-refractivity contribution < 1.29 is 0 Å². The van der Waals surface area contributed by atoms with Gasteiger partial charge < -0.3 is 0 Å². The zero-order valence-corrected chi connectivity index (χ0v) is 35.9. The van der Waals surface area contributed by atoms with E-state index in [0.29, 0.717) is 0 Å². The number of rotatable bonds is 4. The topological polar surface area (TPSA) is 0 Å². The maximum Gasteiger partial charge on any atom is -0.000719 e. The van der Waals surface area contributed by atoms with Crippen molar-refractivity contribution in [1.82, 2.24) is 0 Å². The Morgan fingerprint density at radius 1 is 0.167 bits per heavy atom. The Morgan fingerprint density at radius 3 is 1.41 bits per heavy atom. The lowest BCUT2D eigenvalue weighted by Gasteiger charge is -2.19. The quantitative estimate of drug-likeness (QED) is 0.155. The third-order valence-electron chi connectivity index (χ3n) is 14.9. The van der Waals surface area contributed by atoms with Crippen molar-refractivity contribution in [2.24, 2.45) is 0 Å². The van der Waals surface area contributed by atoms with Crippen LogP contribution >= 0.6 is 0 Å². The highest BCUT2D eigenvalue weighted by Gasteiger charge is 2.27. The van der Waals surface area contributed by atoms with E-state index < -0.39 is 0 Å². The van der Waals surface area contributed by atoms with Crippen LogP contribution in [0.2, 0.25) is 0 Å². The molecule has 0 aliphatic rings. The second-order valence-corrected chi connectivity index (χ2v) is 18.2. The molecule has 0 atom stereocenters. The summed E-state index contributed by atoms with van der Waals surface area (Å²) in [6.07, 6.45) is 0. The van der Waals surface area contributed by atoms with Crippen molar-refractivity contribution in [3.05, 3.63) is 231 Å². The van der Waals surface area contributed by atoms with E-state index in [1.807, 2.05) is 0 Å². The molecule has 15 aromatic rings. The maximum absolute atomic E-state index is 2.53. The lowest BCUT2D eigenvalue weighted by molar-refractivity contribution is 1.67. The Balaban J connectivity index is 0.986. The van der Waals surface area contributed by atoms with Crippen LogP contribution < -0.4 is 0 Å². The highest BCUT2D eigenvalue weighted by Crippen LogP contribution is 2.55. The van der Waals surface area contributed by atoms with Gasteiger partial charge in [-0.1, -0.05) is 206 Å². The summed E-state index contributed by atoms with van der Waals surface area (Å²) in [6, 6.07) is 86.6. The molecule has 66 heavy (non-hydrogen) atoms. The molecule has 0 unspecified atom stereocenters. The first-order valence-electron chi connectivity index (χ1n) is 23.1. The highest BCUT2D eigenvalue weighted by molar-refractivity contribution is 6.45. The zero-order chi connectivity index (χ0) is 43.0. The molecule has 0 aliphatic carbocycles. The molecule has 0 heterocycles. The smallest absolute Gasteiger partial charge is 0.000719 e. The normalized spacial score (nSPS) is 12.2. The van der Waals surface area contributed by atoms with E-state index in [9.17, 15) is 0 Å². The SMILES string of the molecule is c1ccc(-c2c3cc4c5ccccc5c5cccc(c3c(-c3ccccc3)c3c6ccc(-c7ccc8cc(-c9ccc%10c(ccc%11ccccc%11%10)c9)ccc8c7)c7cccc(c23)c76)c54)cc1. The van der Waals surface area contributed by atoms with Crippen LogP contribution in [0.25, 0.3) is 152 Å². The number of hydrogen-bond acceptors (Lipinski definition) is 0. The fourth-order valence-corrected chi connectivity index (χ4v) is 12.0. The Bertz CT molecular complexity index is 4480. The first kappa shape index (κ1) is 35.8. The molecule has 0 radical (unpaired) electrons. The van der Waals surface area contributed by atoms with Gasteiger partial charge in [0, 0.05) is 0 Å². The van der Waals surface area contributed by atoms with Gasteiger partial charge in [0.2, 0.25) is 0 Å². The standard InChI is InChI=1S/C66H38/c1-3-14-40(15-4-1)60-59-38-58-52-20-10-9-19-51(52)54-22-12-23-55(63(54)58)64(59)61(41-16-5-2-6-17-41)66-57-34-33-50(53-21-11-24-56(62(53)57)65(60)66)47-30-28-43-35-42(26-27-44(43)36-47)45-31-32-49-46(37-45)29-25-39-13-7-8-18-48(39)49/h1-38H. The molecule has 15 aromatic carbocycles. The summed E-state index contributed by atoms with van der Waals surface area (Å²) in [5.41, 5.74) is 10.1. The first-order chi connectivity index (χ1) is 32.7. The number of benzene rings is 13. The molecule has 0 aromatic heterocycles. The van der Waals surface area contributed by atoms with Crippen LogP contribution in [0.1, 0.15) is 0 Å². The average Bonchev–Trinajstić information content (AvgIpc) is 3.89. The van der Waals surface area contributed by atoms with Gasteiger partial charge in [-0.2, -0.15) is 0 Å². The maximum atomic E-state index is 2.53. The Hall–Kier alpha value is -8.58. The molecule has 15 rings (SSSR count). The molecule has 0 spiro atoms. The molecular weight excluding hydrogens is 793 g/mol. The van der Waals surface area contributed by atoms with Crippen molar-refractivity contribution in [1.29, 1.82) is 0 Å². The van der Waals surface area contributed by atoms with Crippen molar-refractivity contribution in [2.45, 2.75) is 0 Å². The molecule has 0 N–H and O–H groups in total. The third kappa shape index (κ3) is 4.93. The van der Waals surface area contributed by atoms with Gasteiger partial charge in [0.15, 0.2) is 0 Å². The van der Waals surface area contributed by atoms with E-state index in [1.54, 1.807) is 0 Å². The average molecular weight is 831 g/mol. The lowest BCUT2D eigenvalue weighted by Crippen LogP contribution is -1.91. The van der Waals surface area contributed by atoms with Gasteiger partial charge in [0.25, 0.3) is 0 Å². The van der Waals surface area contributed by atoms with Gasteiger partial charge >= 0.3 is 0 Å². The van der Waals surface area contributed by atoms with Crippen LogP contribution in [0.5, 0.6) is 0 Å². The lowest BCUT2D eigenvalue weighted by atomic mass is 9.84. The second kappa shape index (κ2) is 13.5. The monoisotopic (exact) mass is 830 g/mol. The molecule has 302 valence electrons. The molecule has 0 bridgehead atoms. The molecular formula is C66H38. The van der Waals surface area contributed by atoms with E-state index in [2.05, 4.69) is 231 Å². The molecule has 0 saturated heterocycles. The minimum Gasteiger partial charge on any atom is -0.0622 e. The Labute approximate surface area is 380 Å². The number of hydrogen-bond donors (Lipinski definition) is 0. The van der Waals surface area contributed by atoms with E-state index >= 15 is 0 Å². The fourth-order valence-electron chi connectivity index (χ4n) is 12.0. The predicted octanol–water partition coefficient (Wildman–Crippen LogP) is 18.8. The minimum absolute atomic E-state index is 1.23. The van der Waals surface area contributed by atoms with Gasteiger partial charge in [-0.25, -0.2) is 0 Å². The molecule has 0 fully saturated rings. The van der Waals surface area contributed by atoms with E-state index in [4.69, 9.17) is 0 Å². The Morgan fingerprint density at radius 2 is 0.636 bits per heavy atom. The van der Waals surface area contributed by atoms with Crippen LogP contribution in [0.15, 0.2) is 231 Å². The van der Waals surface area contributed by atoms with Gasteiger partial charge in [-0.3, -0.25) is 0 Å². The Kier molecular flexibility index (Phi) is 7.31. The fraction of sp³-hybridized carbons (Fsp3) is 0. The van der Waals surface area contributed by atoms with E-state index in [-0.39, 0.29) is 0 Å². The van der Waals surface area contributed by atoms with Crippen molar-refractivity contribution in [3.8, 4) is 44.5 Å². The predicted molar refractivity (Wildman–Crippen MR) is 286 cm³/mol. The summed E-state index contributed by atoms with van der Waals surface area (Å²) in [5, 5.41) is 26.1. The summed E-state index contributed by atoms with van der Waals surface area (Å²) >= 11 is 0.